The third-order valence-corrected chi connectivity index (χ3v) is 6.36. The lowest BCUT2D eigenvalue weighted by Gasteiger charge is -2.21. The van der Waals surface area contributed by atoms with Gasteiger partial charge in [0, 0.05) is 19.4 Å². The maximum Gasteiger partial charge on any atom is 0.306 e. The van der Waals surface area contributed by atoms with E-state index >= 15 is 0 Å². The summed E-state index contributed by atoms with van der Waals surface area (Å²) in [5, 5.41) is 9.30. The van der Waals surface area contributed by atoms with Crippen molar-refractivity contribution >= 4 is 12.3 Å². The number of hydrogen-bond acceptors (Lipinski definition) is 5. The Bertz CT molecular complexity index is 430. The van der Waals surface area contributed by atoms with Crippen molar-refractivity contribution in [2.45, 2.75) is 142 Å². The van der Waals surface area contributed by atoms with Crippen LogP contribution >= 0.6 is 0 Å². The molecule has 0 aliphatic rings. The van der Waals surface area contributed by atoms with Crippen molar-refractivity contribution in [2.75, 3.05) is 26.2 Å². The van der Waals surface area contributed by atoms with Gasteiger partial charge in [0.15, 0.2) is 0 Å². The molecule has 0 saturated heterocycles. The smallest absolute Gasteiger partial charge is 0.306 e. The summed E-state index contributed by atoms with van der Waals surface area (Å²) >= 11 is 0. The van der Waals surface area contributed by atoms with E-state index in [1.165, 1.54) is 57.8 Å². The topological polar surface area (TPSA) is 66.8 Å². The number of nitrogens with zero attached hydrogens (tertiary/aromatic N) is 1. The predicted octanol–water partition coefficient (Wildman–Crippen LogP) is 6.84. The molecule has 0 aliphatic heterocycles. The fraction of sp³-hybridized carbons (Fsp3) is 0.929. The molecule has 0 heterocycles. The fourth-order valence-corrected chi connectivity index (χ4v) is 4.26. The summed E-state index contributed by atoms with van der Waals surface area (Å²) in [6.07, 6.45) is 22.2. The van der Waals surface area contributed by atoms with E-state index in [1.807, 2.05) is 6.92 Å². The number of aliphatic hydroxyl groups is 1. The summed E-state index contributed by atoms with van der Waals surface area (Å²) in [6.45, 7) is 7.34. The molecule has 0 aromatic rings. The first-order chi connectivity index (χ1) is 16.1. The minimum absolute atomic E-state index is 0.0336. The van der Waals surface area contributed by atoms with E-state index in [1.54, 1.807) is 0 Å². The van der Waals surface area contributed by atoms with Crippen molar-refractivity contribution in [3.8, 4) is 0 Å². The SMILES string of the molecule is CCCCCCCCC(C)OC(=O)CCCCCCCN(CCO)CCCCCCCC=O. The molecule has 1 unspecified atom stereocenters. The Morgan fingerprint density at radius 1 is 0.788 bits per heavy atom. The highest BCUT2D eigenvalue weighted by molar-refractivity contribution is 5.69. The van der Waals surface area contributed by atoms with Crippen molar-refractivity contribution in [3.63, 3.8) is 0 Å². The molecule has 5 heteroatoms. The van der Waals surface area contributed by atoms with Crippen LogP contribution in [0.2, 0.25) is 0 Å². The van der Waals surface area contributed by atoms with E-state index < -0.39 is 0 Å². The molecule has 0 aliphatic carbocycles. The van der Waals surface area contributed by atoms with Crippen LogP contribution < -0.4 is 0 Å². The van der Waals surface area contributed by atoms with Gasteiger partial charge in [-0.2, -0.15) is 0 Å². The van der Waals surface area contributed by atoms with Crippen molar-refractivity contribution < 1.29 is 19.4 Å². The first kappa shape index (κ1) is 32.1. The Labute approximate surface area is 205 Å². The molecule has 1 N–H and O–H groups in total. The Morgan fingerprint density at radius 2 is 1.33 bits per heavy atom. The van der Waals surface area contributed by atoms with E-state index in [0.29, 0.717) is 12.8 Å². The second kappa shape index (κ2) is 25.7. The third kappa shape index (κ3) is 24.0. The lowest BCUT2D eigenvalue weighted by molar-refractivity contribution is -0.148. The standard InChI is InChI=1S/C28H55NO4/c1-3-4-5-6-10-15-20-27(2)33-28(32)21-16-11-9-13-18-23-29(24-26-31)22-17-12-7-8-14-19-25-30/h25,27,31H,3-24,26H2,1-2H3. The van der Waals surface area contributed by atoms with Crippen LogP contribution in [0.1, 0.15) is 136 Å². The summed E-state index contributed by atoms with van der Waals surface area (Å²) in [6, 6.07) is 0. The number of ether oxygens (including phenoxy) is 1. The van der Waals surface area contributed by atoms with Crippen LogP contribution in [0.4, 0.5) is 0 Å². The van der Waals surface area contributed by atoms with Gasteiger partial charge in [0.1, 0.15) is 6.29 Å². The minimum Gasteiger partial charge on any atom is -0.463 e. The number of rotatable bonds is 26. The highest BCUT2D eigenvalue weighted by atomic mass is 16.5. The normalized spacial score (nSPS) is 12.2. The lowest BCUT2D eigenvalue weighted by atomic mass is 10.1. The zero-order chi connectivity index (χ0) is 24.4. The average Bonchev–Trinajstić information content (AvgIpc) is 2.79. The molecule has 0 saturated carbocycles. The molecule has 0 amide bonds. The van der Waals surface area contributed by atoms with Crippen molar-refractivity contribution in [2.24, 2.45) is 0 Å². The van der Waals surface area contributed by atoms with Gasteiger partial charge in [0.25, 0.3) is 0 Å². The van der Waals surface area contributed by atoms with Gasteiger partial charge in [-0.05, 0) is 58.5 Å². The van der Waals surface area contributed by atoms with Gasteiger partial charge in [-0.1, -0.05) is 77.6 Å². The number of carbonyl (C=O) groups is 2. The van der Waals surface area contributed by atoms with Crippen molar-refractivity contribution in [1.29, 1.82) is 0 Å². The predicted molar refractivity (Wildman–Crippen MR) is 139 cm³/mol. The van der Waals surface area contributed by atoms with Crippen LogP contribution in [0.5, 0.6) is 0 Å². The second-order valence-electron chi connectivity index (χ2n) is 9.66. The first-order valence-corrected chi connectivity index (χ1v) is 14.1. The van der Waals surface area contributed by atoms with Crippen LogP contribution in [-0.2, 0) is 14.3 Å². The van der Waals surface area contributed by atoms with Gasteiger partial charge in [-0.25, -0.2) is 0 Å². The van der Waals surface area contributed by atoms with Crippen molar-refractivity contribution in [3.05, 3.63) is 0 Å². The summed E-state index contributed by atoms with van der Waals surface area (Å²) in [4.78, 5) is 24.7. The molecule has 0 spiro atoms. The van der Waals surface area contributed by atoms with E-state index in [9.17, 15) is 14.7 Å². The summed E-state index contributed by atoms with van der Waals surface area (Å²) in [5.41, 5.74) is 0. The second-order valence-corrected chi connectivity index (χ2v) is 9.66. The largest absolute Gasteiger partial charge is 0.463 e. The molecule has 0 bridgehead atoms. The Kier molecular flexibility index (Phi) is 24.9. The first-order valence-electron chi connectivity index (χ1n) is 14.1. The summed E-state index contributed by atoms with van der Waals surface area (Å²) in [5.74, 6) is -0.0336. The molecule has 0 rings (SSSR count). The van der Waals surface area contributed by atoms with E-state index in [0.717, 1.165) is 77.3 Å². The highest BCUT2D eigenvalue weighted by Gasteiger charge is 2.09. The lowest BCUT2D eigenvalue weighted by Crippen LogP contribution is -2.29. The summed E-state index contributed by atoms with van der Waals surface area (Å²) < 4.78 is 5.55. The third-order valence-electron chi connectivity index (χ3n) is 6.36. The molecule has 33 heavy (non-hydrogen) atoms. The van der Waals surface area contributed by atoms with Crippen LogP contribution in [-0.4, -0.2) is 54.6 Å². The van der Waals surface area contributed by atoms with Gasteiger partial charge >= 0.3 is 5.97 Å². The average molecular weight is 470 g/mol. The molecule has 1 atom stereocenters. The monoisotopic (exact) mass is 469 g/mol. The zero-order valence-electron chi connectivity index (χ0n) is 22.0. The number of unbranched alkanes of at least 4 members (excludes halogenated alkanes) is 14. The molecular formula is C28H55NO4. The number of aldehydes is 1. The summed E-state index contributed by atoms with van der Waals surface area (Å²) in [7, 11) is 0. The van der Waals surface area contributed by atoms with E-state index in [2.05, 4.69) is 11.8 Å². The van der Waals surface area contributed by atoms with Gasteiger partial charge in [0.05, 0.1) is 12.7 Å². The molecule has 0 fully saturated rings. The quantitative estimate of drug-likeness (QED) is 0.0853. The molecule has 0 aromatic carbocycles. The Hall–Kier alpha value is -0.940. The molecule has 0 aromatic heterocycles. The Balaban J connectivity index is 3.60. The van der Waals surface area contributed by atoms with Gasteiger partial charge in [-0.3, -0.25) is 4.79 Å². The van der Waals surface area contributed by atoms with Gasteiger partial charge < -0.3 is 19.5 Å². The maximum atomic E-state index is 12.0. The van der Waals surface area contributed by atoms with Crippen molar-refractivity contribution in [1.82, 2.24) is 4.90 Å². The maximum absolute atomic E-state index is 12.0. The van der Waals surface area contributed by atoms with Crippen LogP contribution in [0, 0.1) is 0 Å². The van der Waals surface area contributed by atoms with Gasteiger partial charge in [0.2, 0.25) is 0 Å². The number of hydrogen-bond donors (Lipinski definition) is 1. The number of carbonyl (C=O) groups excluding carboxylic acids is 2. The highest BCUT2D eigenvalue weighted by Crippen LogP contribution is 2.13. The zero-order valence-corrected chi connectivity index (χ0v) is 22.0. The Morgan fingerprint density at radius 3 is 1.94 bits per heavy atom. The fourth-order valence-electron chi connectivity index (χ4n) is 4.26. The van der Waals surface area contributed by atoms with E-state index in [4.69, 9.17) is 4.74 Å². The number of esters is 1. The minimum atomic E-state index is -0.0336. The van der Waals surface area contributed by atoms with Crippen LogP contribution in [0.3, 0.4) is 0 Å². The van der Waals surface area contributed by atoms with Crippen LogP contribution in [0.25, 0.3) is 0 Å². The van der Waals surface area contributed by atoms with E-state index in [-0.39, 0.29) is 18.7 Å². The molecule has 5 nitrogen and oxygen atoms in total. The molecule has 196 valence electrons. The van der Waals surface area contributed by atoms with Gasteiger partial charge in [-0.15, -0.1) is 0 Å². The molecule has 0 radical (unpaired) electrons. The van der Waals surface area contributed by atoms with Crippen LogP contribution in [0.15, 0.2) is 0 Å². The number of aliphatic hydroxyl groups excluding tert-OH is 1. The molecular weight excluding hydrogens is 414 g/mol.